The first-order valence-electron chi connectivity index (χ1n) is 4.47. The lowest BCUT2D eigenvalue weighted by Gasteiger charge is -1.98. The Morgan fingerprint density at radius 2 is 2.20 bits per heavy atom. The molecule has 2 nitrogen and oxygen atoms in total. The first kappa shape index (κ1) is 10.2. The summed E-state index contributed by atoms with van der Waals surface area (Å²) in [5, 5.41) is 0. The van der Waals surface area contributed by atoms with E-state index in [0.717, 1.165) is 5.56 Å². The van der Waals surface area contributed by atoms with Crippen molar-refractivity contribution in [3.63, 3.8) is 0 Å². The molecule has 2 aromatic rings. The van der Waals surface area contributed by atoms with Crippen LogP contribution in [0.25, 0.3) is 11.5 Å². The van der Waals surface area contributed by atoms with Crippen LogP contribution in [0.15, 0.2) is 28.9 Å². The summed E-state index contributed by atoms with van der Waals surface area (Å²) in [6, 6.07) is 4.65. The van der Waals surface area contributed by atoms with Gasteiger partial charge < -0.3 is 4.42 Å². The first-order chi connectivity index (χ1) is 7.19. The van der Waals surface area contributed by atoms with Gasteiger partial charge in [0.15, 0.2) is 0 Å². The van der Waals surface area contributed by atoms with Crippen LogP contribution in [0.1, 0.15) is 11.3 Å². The highest BCUT2D eigenvalue weighted by Crippen LogP contribution is 2.21. The number of aryl methyl sites for hydroxylation is 1. The van der Waals surface area contributed by atoms with Crippen molar-refractivity contribution in [2.45, 2.75) is 12.8 Å². The number of hydrogen-bond donors (Lipinski definition) is 0. The number of halogens is 2. The summed E-state index contributed by atoms with van der Waals surface area (Å²) >= 11 is 5.59. The molecule has 15 heavy (non-hydrogen) atoms. The molecule has 0 atom stereocenters. The van der Waals surface area contributed by atoms with Gasteiger partial charge in [0, 0.05) is 5.56 Å². The van der Waals surface area contributed by atoms with Crippen molar-refractivity contribution in [1.82, 2.24) is 4.98 Å². The third-order valence-corrected chi connectivity index (χ3v) is 2.25. The number of oxazole rings is 1. The van der Waals surface area contributed by atoms with Crippen LogP contribution < -0.4 is 0 Å². The van der Waals surface area contributed by atoms with Crippen molar-refractivity contribution < 1.29 is 8.81 Å². The van der Waals surface area contributed by atoms with E-state index in [-0.39, 0.29) is 11.7 Å². The average Bonchev–Trinajstić information content (AvgIpc) is 2.64. The highest BCUT2D eigenvalue weighted by Gasteiger charge is 2.07. The fourth-order valence-electron chi connectivity index (χ4n) is 1.36. The maximum atomic E-state index is 13.1. The molecule has 0 saturated heterocycles. The summed E-state index contributed by atoms with van der Waals surface area (Å²) in [5.74, 6) is 0.390. The van der Waals surface area contributed by atoms with Crippen LogP contribution in [0.2, 0.25) is 0 Å². The molecule has 4 heteroatoms. The van der Waals surface area contributed by atoms with E-state index in [4.69, 9.17) is 16.0 Å². The number of nitrogens with zero attached hydrogens (tertiary/aromatic N) is 1. The molecule has 0 radical (unpaired) electrons. The van der Waals surface area contributed by atoms with E-state index in [1.54, 1.807) is 0 Å². The monoisotopic (exact) mass is 225 g/mol. The molecule has 0 amide bonds. The summed E-state index contributed by atoms with van der Waals surface area (Å²) in [6.07, 6.45) is 1.47. The quantitative estimate of drug-likeness (QED) is 0.731. The summed E-state index contributed by atoms with van der Waals surface area (Å²) in [5.41, 5.74) is 2.10. The fourth-order valence-corrected chi connectivity index (χ4v) is 1.48. The highest BCUT2D eigenvalue weighted by molar-refractivity contribution is 6.16. The van der Waals surface area contributed by atoms with Gasteiger partial charge in [-0.05, 0) is 30.7 Å². The Labute approximate surface area is 91.7 Å². The Morgan fingerprint density at radius 3 is 2.80 bits per heavy atom. The largest absolute Gasteiger partial charge is 0.444 e. The molecule has 0 aliphatic carbocycles. The molecular weight excluding hydrogens is 217 g/mol. The van der Waals surface area contributed by atoms with E-state index in [1.807, 2.05) is 13.0 Å². The molecule has 1 heterocycles. The van der Waals surface area contributed by atoms with Gasteiger partial charge >= 0.3 is 0 Å². The Morgan fingerprint density at radius 1 is 1.40 bits per heavy atom. The van der Waals surface area contributed by atoms with Crippen LogP contribution in [0.5, 0.6) is 0 Å². The first-order valence-corrected chi connectivity index (χ1v) is 5.00. The Hall–Kier alpha value is -1.35. The third kappa shape index (κ3) is 2.18. The van der Waals surface area contributed by atoms with Crippen molar-refractivity contribution in [2.75, 3.05) is 0 Å². The van der Waals surface area contributed by atoms with E-state index in [0.29, 0.717) is 17.1 Å². The predicted molar refractivity (Wildman–Crippen MR) is 56.2 cm³/mol. The topological polar surface area (TPSA) is 26.0 Å². The summed E-state index contributed by atoms with van der Waals surface area (Å²) in [6.45, 7) is 1.82. The van der Waals surface area contributed by atoms with E-state index in [1.165, 1.54) is 18.4 Å². The van der Waals surface area contributed by atoms with E-state index in [2.05, 4.69) is 4.98 Å². The second kappa shape index (κ2) is 4.03. The standard InChI is InChI=1S/C11H9ClFNO/c1-7-2-8(4-9(13)3-7)11-14-10(5-12)6-15-11/h2-4,6H,5H2,1H3. The second-order valence-corrected chi connectivity index (χ2v) is 3.56. The lowest BCUT2D eigenvalue weighted by atomic mass is 10.1. The van der Waals surface area contributed by atoms with Crippen LogP contribution in [-0.4, -0.2) is 4.98 Å². The van der Waals surface area contributed by atoms with Crippen molar-refractivity contribution in [3.05, 3.63) is 41.5 Å². The number of alkyl halides is 1. The van der Waals surface area contributed by atoms with Crippen molar-refractivity contribution in [1.29, 1.82) is 0 Å². The molecule has 0 aliphatic heterocycles. The molecule has 0 unspecified atom stereocenters. The molecule has 0 spiro atoms. The Kier molecular flexibility index (Phi) is 2.73. The number of benzene rings is 1. The van der Waals surface area contributed by atoms with Crippen LogP contribution in [0, 0.1) is 12.7 Å². The molecule has 0 saturated carbocycles. The Balaban J connectivity index is 2.44. The minimum Gasteiger partial charge on any atom is -0.444 e. The van der Waals surface area contributed by atoms with Crippen LogP contribution in [0.4, 0.5) is 4.39 Å². The maximum Gasteiger partial charge on any atom is 0.226 e. The van der Waals surface area contributed by atoms with Gasteiger partial charge in [0.25, 0.3) is 0 Å². The van der Waals surface area contributed by atoms with Crippen molar-refractivity contribution >= 4 is 11.6 Å². The van der Waals surface area contributed by atoms with E-state index >= 15 is 0 Å². The van der Waals surface area contributed by atoms with Crippen LogP contribution in [0.3, 0.4) is 0 Å². The summed E-state index contributed by atoms with van der Waals surface area (Å²) in [7, 11) is 0. The molecule has 2 rings (SSSR count). The van der Waals surface area contributed by atoms with Gasteiger partial charge in [-0.25, -0.2) is 9.37 Å². The molecular formula is C11H9ClFNO. The molecule has 0 fully saturated rings. The third-order valence-electron chi connectivity index (χ3n) is 1.98. The highest BCUT2D eigenvalue weighted by atomic mass is 35.5. The summed E-state index contributed by atoms with van der Waals surface area (Å²) < 4.78 is 18.3. The molecule has 0 N–H and O–H groups in total. The fraction of sp³-hybridized carbons (Fsp3) is 0.182. The minimum absolute atomic E-state index is 0.289. The zero-order chi connectivity index (χ0) is 10.8. The van der Waals surface area contributed by atoms with Gasteiger partial charge in [-0.1, -0.05) is 0 Å². The van der Waals surface area contributed by atoms with E-state index < -0.39 is 0 Å². The van der Waals surface area contributed by atoms with Gasteiger partial charge in [-0.15, -0.1) is 11.6 Å². The predicted octanol–water partition coefficient (Wildman–Crippen LogP) is 3.53. The molecule has 1 aromatic carbocycles. The zero-order valence-electron chi connectivity index (χ0n) is 8.13. The molecule has 0 aliphatic rings. The van der Waals surface area contributed by atoms with Gasteiger partial charge in [0.1, 0.15) is 12.1 Å². The average molecular weight is 226 g/mol. The molecule has 1 aromatic heterocycles. The Bertz CT molecular complexity index is 461. The van der Waals surface area contributed by atoms with Crippen molar-refractivity contribution in [3.8, 4) is 11.5 Å². The van der Waals surface area contributed by atoms with Gasteiger partial charge in [-0.3, -0.25) is 0 Å². The molecule has 78 valence electrons. The van der Waals surface area contributed by atoms with Gasteiger partial charge in [0.2, 0.25) is 5.89 Å². The van der Waals surface area contributed by atoms with Crippen LogP contribution >= 0.6 is 11.6 Å². The lowest BCUT2D eigenvalue weighted by molar-refractivity contribution is 0.571. The van der Waals surface area contributed by atoms with Gasteiger partial charge in [0.05, 0.1) is 11.6 Å². The number of aromatic nitrogens is 1. The normalized spacial score (nSPS) is 10.6. The molecule has 0 bridgehead atoms. The number of rotatable bonds is 2. The number of hydrogen-bond acceptors (Lipinski definition) is 2. The zero-order valence-corrected chi connectivity index (χ0v) is 8.88. The minimum atomic E-state index is -0.296. The van der Waals surface area contributed by atoms with E-state index in [9.17, 15) is 4.39 Å². The maximum absolute atomic E-state index is 13.1. The van der Waals surface area contributed by atoms with Crippen LogP contribution in [-0.2, 0) is 5.88 Å². The summed E-state index contributed by atoms with van der Waals surface area (Å²) in [4.78, 5) is 4.12. The van der Waals surface area contributed by atoms with Crippen molar-refractivity contribution in [2.24, 2.45) is 0 Å². The lowest BCUT2D eigenvalue weighted by Crippen LogP contribution is -1.84. The second-order valence-electron chi connectivity index (χ2n) is 3.29. The van der Waals surface area contributed by atoms with Gasteiger partial charge in [-0.2, -0.15) is 0 Å². The SMILES string of the molecule is Cc1cc(F)cc(-c2nc(CCl)co2)c1. The smallest absolute Gasteiger partial charge is 0.226 e.